The molecule has 1 atom stereocenters. The Morgan fingerprint density at radius 2 is 1.66 bits per heavy atom. The largest absolute Gasteiger partial charge is 0.354 e. The number of nitrogens with one attached hydrogen (secondary N) is 1. The number of amides is 2. The van der Waals surface area contributed by atoms with Crippen LogP contribution < -0.4 is 9.62 Å². The maximum Gasteiger partial charge on any atom is 0.264 e. The van der Waals surface area contributed by atoms with E-state index in [9.17, 15) is 18.0 Å². The maximum atomic E-state index is 13.8. The van der Waals surface area contributed by atoms with Gasteiger partial charge in [-0.2, -0.15) is 0 Å². The molecule has 0 saturated carbocycles. The average molecular weight is 601 g/mol. The van der Waals surface area contributed by atoms with Gasteiger partial charge in [-0.15, -0.1) is 0 Å². The van der Waals surface area contributed by atoms with Crippen molar-refractivity contribution in [3.05, 3.63) is 94.5 Å². The fraction of sp³-hybridized carbons (Fsp3) is 0.310. The summed E-state index contributed by atoms with van der Waals surface area (Å²) in [5.41, 5.74) is 2.29. The van der Waals surface area contributed by atoms with Gasteiger partial charge in [-0.3, -0.25) is 13.9 Å². The van der Waals surface area contributed by atoms with E-state index in [1.54, 1.807) is 43.3 Å². The van der Waals surface area contributed by atoms with Crippen molar-refractivity contribution < 1.29 is 18.0 Å². The Kier molecular flexibility index (Phi) is 10.5. The van der Waals surface area contributed by atoms with Crippen molar-refractivity contribution >= 4 is 43.5 Å². The summed E-state index contributed by atoms with van der Waals surface area (Å²) < 4.78 is 29.4. The number of benzene rings is 3. The number of nitrogens with zero attached hydrogens (tertiary/aromatic N) is 2. The van der Waals surface area contributed by atoms with Crippen LogP contribution in [-0.2, 0) is 26.0 Å². The molecule has 3 aromatic carbocycles. The highest BCUT2D eigenvalue weighted by molar-refractivity contribution is 9.10. The number of carbonyl (C=O) groups is 2. The van der Waals surface area contributed by atoms with Crippen molar-refractivity contribution in [2.75, 3.05) is 23.9 Å². The predicted octanol–water partition coefficient (Wildman–Crippen LogP) is 4.94. The predicted molar refractivity (Wildman–Crippen MR) is 154 cm³/mol. The zero-order chi connectivity index (χ0) is 27.7. The van der Waals surface area contributed by atoms with E-state index in [4.69, 9.17) is 0 Å². The maximum absolute atomic E-state index is 13.8. The summed E-state index contributed by atoms with van der Waals surface area (Å²) in [6.07, 6.45) is 1.29. The van der Waals surface area contributed by atoms with Gasteiger partial charge in [0.2, 0.25) is 11.8 Å². The van der Waals surface area contributed by atoms with Crippen molar-refractivity contribution in [2.24, 2.45) is 0 Å². The van der Waals surface area contributed by atoms with Crippen molar-refractivity contribution in [2.45, 2.75) is 44.6 Å². The van der Waals surface area contributed by atoms with Crippen LogP contribution in [-0.4, -0.2) is 50.8 Å². The number of carbonyl (C=O) groups excluding carboxylic acids is 2. The quantitative estimate of drug-likeness (QED) is 0.319. The highest BCUT2D eigenvalue weighted by Gasteiger charge is 2.32. The van der Waals surface area contributed by atoms with Gasteiger partial charge in [-0.1, -0.05) is 76.9 Å². The number of sulfonamides is 1. The summed E-state index contributed by atoms with van der Waals surface area (Å²) in [6.45, 7) is 5.81. The third kappa shape index (κ3) is 7.68. The van der Waals surface area contributed by atoms with Gasteiger partial charge in [0, 0.05) is 17.6 Å². The minimum atomic E-state index is -4.08. The van der Waals surface area contributed by atoms with E-state index in [1.165, 1.54) is 17.0 Å². The van der Waals surface area contributed by atoms with Crippen LogP contribution in [0.2, 0.25) is 0 Å². The first-order chi connectivity index (χ1) is 18.1. The Bertz CT molecular complexity index is 1330. The lowest BCUT2D eigenvalue weighted by molar-refractivity contribution is -0.138. The van der Waals surface area contributed by atoms with Crippen LogP contribution in [0.1, 0.15) is 31.4 Å². The third-order valence-electron chi connectivity index (χ3n) is 6.18. The van der Waals surface area contributed by atoms with E-state index in [-0.39, 0.29) is 17.3 Å². The van der Waals surface area contributed by atoms with Crippen molar-refractivity contribution in [3.63, 3.8) is 0 Å². The molecule has 0 aliphatic carbocycles. The second kappa shape index (κ2) is 13.6. The van der Waals surface area contributed by atoms with E-state index >= 15 is 0 Å². The Labute approximate surface area is 234 Å². The molecule has 202 valence electrons. The first-order valence-electron chi connectivity index (χ1n) is 12.6. The van der Waals surface area contributed by atoms with Gasteiger partial charge in [-0.05, 0) is 62.6 Å². The lowest BCUT2D eigenvalue weighted by Crippen LogP contribution is -2.52. The van der Waals surface area contributed by atoms with Crippen LogP contribution in [0.15, 0.2) is 88.2 Å². The summed E-state index contributed by atoms with van der Waals surface area (Å²) in [4.78, 5) is 28.2. The number of hydrogen-bond acceptors (Lipinski definition) is 4. The molecule has 0 aliphatic heterocycles. The van der Waals surface area contributed by atoms with E-state index in [0.29, 0.717) is 23.1 Å². The molecule has 2 amide bonds. The Morgan fingerprint density at radius 3 is 2.29 bits per heavy atom. The first kappa shape index (κ1) is 29.4. The zero-order valence-electron chi connectivity index (χ0n) is 21.9. The molecule has 7 nitrogen and oxygen atoms in total. The SMILES string of the molecule is CCCNC(=O)[C@@H](C)N(CCc1ccccc1)C(=O)CN(c1cccc(Br)c1)S(=O)(=O)c1ccc(C)cc1. The first-order valence-corrected chi connectivity index (χ1v) is 14.8. The summed E-state index contributed by atoms with van der Waals surface area (Å²) in [7, 11) is -4.08. The second-order valence-corrected chi connectivity index (χ2v) is 11.9. The van der Waals surface area contributed by atoms with Gasteiger partial charge in [0.15, 0.2) is 0 Å². The normalized spacial score (nSPS) is 12.0. The standard InChI is InChI=1S/C29H34BrN3O4S/c1-4-18-31-29(35)23(3)32(19-17-24-9-6-5-7-10-24)28(34)21-33(26-12-8-11-25(30)20-26)38(36,37)27-15-13-22(2)14-16-27/h5-16,20,23H,4,17-19,21H2,1-3H3,(H,31,35)/t23-/m1/s1. The summed E-state index contributed by atoms with van der Waals surface area (Å²) >= 11 is 3.41. The van der Waals surface area contributed by atoms with E-state index < -0.39 is 28.5 Å². The van der Waals surface area contributed by atoms with Crippen LogP contribution in [0, 0.1) is 6.92 Å². The Balaban J connectivity index is 1.96. The molecule has 0 bridgehead atoms. The van der Waals surface area contributed by atoms with Gasteiger partial charge in [0.25, 0.3) is 10.0 Å². The molecular weight excluding hydrogens is 566 g/mol. The fourth-order valence-electron chi connectivity index (χ4n) is 3.96. The lowest BCUT2D eigenvalue weighted by Gasteiger charge is -2.32. The van der Waals surface area contributed by atoms with E-state index in [1.807, 2.05) is 44.2 Å². The molecule has 3 rings (SSSR count). The molecule has 0 unspecified atom stereocenters. The topological polar surface area (TPSA) is 86.8 Å². The zero-order valence-corrected chi connectivity index (χ0v) is 24.3. The molecule has 0 saturated heterocycles. The monoisotopic (exact) mass is 599 g/mol. The van der Waals surface area contributed by atoms with Gasteiger partial charge < -0.3 is 10.2 Å². The molecule has 0 aliphatic rings. The highest BCUT2D eigenvalue weighted by atomic mass is 79.9. The van der Waals surface area contributed by atoms with Crippen LogP contribution in [0.4, 0.5) is 5.69 Å². The van der Waals surface area contributed by atoms with Gasteiger partial charge >= 0.3 is 0 Å². The van der Waals surface area contributed by atoms with Crippen LogP contribution in [0.25, 0.3) is 0 Å². The third-order valence-corrected chi connectivity index (χ3v) is 8.47. The Morgan fingerprint density at radius 1 is 0.974 bits per heavy atom. The number of aryl methyl sites for hydroxylation is 1. The highest BCUT2D eigenvalue weighted by Crippen LogP contribution is 2.27. The number of halogens is 1. The minimum absolute atomic E-state index is 0.0837. The molecule has 1 N–H and O–H groups in total. The average Bonchev–Trinajstić information content (AvgIpc) is 2.91. The van der Waals surface area contributed by atoms with Gasteiger partial charge in [0.1, 0.15) is 12.6 Å². The molecule has 0 radical (unpaired) electrons. The summed E-state index contributed by atoms with van der Waals surface area (Å²) in [5.74, 6) is -0.737. The fourth-order valence-corrected chi connectivity index (χ4v) is 5.76. The minimum Gasteiger partial charge on any atom is -0.354 e. The smallest absolute Gasteiger partial charge is 0.264 e. The van der Waals surface area contributed by atoms with Gasteiger partial charge in [-0.25, -0.2) is 8.42 Å². The lowest BCUT2D eigenvalue weighted by atomic mass is 10.1. The van der Waals surface area contributed by atoms with Crippen molar-refractivity contribution in [1.82, 2.24) is 10.2 Å². The molecule has 0 heterocycles. The number of rotatable bonds is 12. The van der Waals surface area contributed by atoms with Crippen LogP contribution in [0.3, 0.4) is 0 Å². The molecule has 38 heavy (non-hydrogen) atoms. The van der Waals surface area contributed by atoms with Gasteiger partial charge in [0.05, 0.1) is 10.6 Å². The number of anilines is 1. The molecule has 0 fully saturated rings. The molecular formula is C29H34BrN3O4S. The van der Waals surface area contributed by atoms with Crippen LogP contribution >= 0.6 is 15.9 Å². The molecule has 3 aromatic rings. The van der Waals surface area contributed by atoms with Crippen molar-refractivity contribution in [1.29, 1.82) is 0 Å². The van der Waals surface area contributed by atoms with E-state index in [0.717, 1.165) is 21.9 Å². The second-order valence-electron chi connectivity index (χ2n) is 9.09. The molecule has 0 aromatic heterocycles. The summed E-state index contributed by atoms with van der Waals surface area (Å²) in [6, 6.07) is 22.2. The summed E-state index contributed by atoms with van der Waals surface area (Å²) in [5, 5.41) is 2.85. The van der Waals surface area contributed by atoms with E-state index in [2.05, 4.69) is 21.2 Å². The molecule has 0 spiro atoms. The molecule has 9 heteroatoms. The Hall–Kier alpha value is -3.17. The number of hydrogen-bond donors (Lipinski definition) is 1. The van der Waals surface area contributed by atoms with Crippen LogP contribution in [0.5, 0.6) is 0 Å². The van der Waals surface area contributed by atoms with Crippen molar-refractivity contribution in [3.8, 4) is 0 Å².